The van der Waals surface area contributed by atoms with Gasteiger partial charge in [0.05, 0.1) is 24.2 Å². The first-order valence-corrected chi connectivity index (χ1v) is 16.4. The summed E-state index contributed by atoms with van der Waals surface area (Å²) in [5.41, 5.74) is 3.33. The minimum atomic E-state index is -3.82. The fourth-order valence-electron chi connectivity index (χ4n) is 6.70. The smallest absolute Gasteiger partial charge is 0.264 e. The molecular formula is C32H39ClN2O5S. The molecule has 1 heterocycles. The van der Waals surface area contributed by atoms with Crippen molar-refractivity contribution in [3.8, 4) is 5.75 Å². The van der Waals surface area contributed by atoms with Crippen LogP contribution in [0.15, 0.2) is 61.7 Å². The second kappa shape index (κ2) is 12.2. The van der Waals surface area contributed by atoms with Crippen molar-refractivity contribution in [1.82, 2.24) is 4.72 Å². The highest BCUT2D eigenvalue weighted by Gasteiger charge is 2.43. The quantitative estimate of drug-likeness (QED) is 0.355. The Bertz CT molecular complexity index is 1430. The fraction of sp³-hybridized carbons (Fsp3) is 0.469. The van der Waals surface area contributed by atoms with E-state index in [1.165, 1.54) is 17.2 Å². The van der Waals surface area contributed by atoms with Crippen molar-refractivity contribution >= 4 is 33.2 Å². The maximum absolute atomic E-state index is 13.0. The molecule has 3 aliphatic rings. The molecule has 0 aromatic heterocycles. The Morgan fingerprint density at radius 2 is 2.02 bits per heavy atom. The number of ether oxygens (including phenoxy) is 1. The van der Waals surface area contributed by atoms with Gasteiger partial charge in [-0.2, -0.15) is 0 Å². The first kappa shape index (κ1) is 29.7. The van der Waals surface area contributed by atoms with E-state index in [1.807, 2.05) is 6.07 Å². The largest absolute Gasteiger partial charge is 0.490 e. The van der Waals surface area contributed by atoms with Crippen LogP contribution in [0.1, 0.15) is 60.0 Å². The summed E-state index contributed by atoms with van der Waals surface area (Å²) in [5, 5.41) is 10.8. The summed E-state index contributed by atoms with van der Waals surface area (Å²) in [6.45, 7) is 9.17. The molecule has 1 spiro atoms. The Labute approximate surface area is 248 Å². The van der Waals surface area contributed by atoms with Crippen molar-refractivity contribution in [2.45, 2.75) is 56.5 Å². The lowest BCUT2D eigenvalue weighted by Crippen LogP contribution is -2.48. The number of amides is 1. The second-order valence-electron chi connectivity index (χ2n) is 11.8. The summed E-state index contributed by atoms with van der Waals surface area (Å²) in [5.74, 6) is 0.613. The predicted molar refractivity (Wildman–Crippen MR) is 163 cm³/mol. The number of carbonyl (C=O) groups excluding carboxylic acids is 1. The minimum Gasteiger partial charge on any atom is -0.490 e. The Balaban J connectivity index is 1.48. The molecule has 2 aromatic carbocycles. The highest BCUT2D eigenvalue weighted by Crippen LogP contribution is 2.46. The van der Waals surface area contributed by atoms with E-state index in [-0.39, 0.29) is 16.7 Å². The van der Waals surface area contributed by atoms with Gasteiger partial charge in [0.1, 0.15) is 5.75 Å². The van der Waals surface area contributed by atoms with E-state index in [0.29, 0.717) is 37.2 Å². The average molecular weight is 599 g/mol. The van der Waals surface area contributed by atoms with Gasteiger partial charge in [-0.15, -0.1) is 13.2 Å². The van der Waals surface area contributed by atoms with Gasteiger partial charge in [-0.05, 0) is 98.2 Å². The maximum atomic E-state index is 13.0. The molecule has 0 saturated heterocycles. The number of nitrogens with one attached hydrogen (secondary N) is 1. The number of aryl methyl sites for hydroxylation is 1. The van der Waals surface area contributed by atoms with E-state index in [4.69, 9.17) is 16.3 Å². The number of benzene rings is 2. The molecule has 1 amide bonds. The van der Waals surface area contributed by atoms with E-state index in [9.17, 15) is 18.3 Å². The number of halogens is 1. The van der Waals surface area contributed by atoms with Crippen molar-refractivity contribution < 1.29 is 23.1 Å². The van der Waals surface area contributed by atoms with Gasteiger partial charge in [0, 0.05) is 29.1 Å². The molecule has 1 fully saturated rings. The number of hydrogen-bond acceptors (Lipinski definition) is 6. The molecule has 9 heteroatoms. The first-order chi connectivity index (χ1) is 19.6. The van der Waals surface area contributed by atoms with Gasteiger partial charge >= 0.3 is 0 Å². The van der Waals surface area contributed by atoms with Gasteiger partial charge in [0.25, 0.3) is 5.91 Å². The van der Waals surface area contributed by atoms with Crippen LogP contribution in [0.5, 0.6) is 5.75 Å². The van der Waals surface area contributed by atoms with E-state index in [1.54, 1.807) is 24.3 Å². The molecule has 5 rings (SSSR count). The van der Waals surface area contributed by atoms with Gasteiger partial charge < -0.3 is 14.7 Å². The summed E-state index contributed by atoms with van der Waals surface area (Å²) in [4.78, 5) is 15.3. The molecule has 1 saturated carbocycles. The molecule has 7 nitrogen and oxygen atoms in total. The summed E-state index contributed by atoms with van der Waals surface area (Å²) >= 11 is 6.37. The number of aliphatic hydroxyl groups is 1. The van der Waals surface area contributed by atoms with Crippen LogP contribution in [0.2, 0.25) is 5.02 Å². The average Bonchev–Trinajstić information content (AvgIpc) is 3.07. The number of nitrogens with zero attached hydrogens (tertiary/aromatic N) is 1. The Kier molecular flexibility index (Phi) is 8.83. The fourth-order valence-corrected chi connectivity index (χ4v) is 7.69. The van der Waals surface area contributed by atoms with Crippen LogP contribution in [-0.2, 0) is 21.9 Å². The van der Waals surface area contributed by atoms with Gasteiger partial charge in [-0.1, -0.05) is 29.8 Å². The monoisotopic (exact) mass is 598 g/mol. The molecule has 1 aliphatic heterocycles. The van der Waals surface area contributed by atoms with Crippen LogP contribution in [0.25, 0.3) is 0 Å². The molecule has 0 radical (unpaired) electrons. The number of rotatable bonds is 10. The van der Waals surface area contributed by atoms with E-state index in [0.717, 1.165) is 55.8 Å². The van der Waals surface area contributed by atoms with Crippen LogP contribution in [0.3, 0.4) is 0 Å². The summed E-state index contributed by atoms with van der Waals surface area (Å²) in [6.07, 6.45) is 9.19. The van der Waals surface area contributed by atoms with Gasteiger partial charge in [-0.25, -0.2) is 13.1 Å². The lowest BCUT2D eigenvalue weighted by molar-refractivity contribution is 0.0981. The van der Waals surface area contributed by atoms with Crippen molar-refractivity contribution in [1.29, 1.82) is 0 Å². The molecule has 1 unspecified atom stereocenters. The Morgan fingerprint density at radius 1 is 1.22 bits per heavy atom. The number of carbonyl (C=O) groups is 1. The normalized spacial score (nSPS) is 24.2. The van der Waals surface area contributed by atoms with Crippen LogP contribution < -0.4 is 14.4 Å². The summed E-state index contributed by atoms with van der Waals surface area (Å²) < 4.78 is 33.2. The van der Waals surface area contributed by atoms with Crippen molar-refractivity contribution in [3.63, 3.8) is 0 Å². The molecule has 4 atom stereocenters. The highest BCUT2D eigenvalue weighted by atomic mass is 35.5. The molecular weight excluding hydrogens is 560 g/mol. The van der Waals surface area contributed by atoms with Crippen LogP contribution in [-0.4, -0.2) is 51.0 Å². The SMILES string of the molecule is C=CCS(=O)(=O)NC(=O)c1ccc2c(c1)N(C[C@@H]1CC[C@H]1CCC(O)C=C)C[C@@]1(CCCc3cc(Cl)ccc31)CO2. The third-order valence-corrected chi connectivity index (χ3v) is 10.4. The first-order valence-electron chi connectivity index (χ1n) is 14.4. The maximum Gasteiger partial charge on any atom is 0.264 e. The minimum absolute atomic E-state index is 0.245. The van der Waals surface area contributed by atoms with Crippen LogP contribution in [0.4, 0.5) is 5.69 Å². The molecule has 2 aliphatic carbocycles. The molecule has 2 aromatic rings. The van der Waals surface area contributed by atoms with Crippen molar-refractivity contribution in [3.05, 3.63) is 83.4 Å². The van der Waals surface area contributed by atoms with Crippen LogP contribution >= 0.6 is 11.6 Å². The van der Waals surface area contributed by atoms with Crippen molar-refractivity contribution in [2.75, 3.05) is 30.3 Å². The third-order valence-electron chi connectivity index (χ3n) is 9.02. The van der Waals surface area contributed by atoms with Gasteiger partial charge in [-0.3, -0.25) is 4.79 Å². The number of fused-ring (bicyclic) bond motifs is 3. The molecule has 220 valence electrons. The Morgan fingerprint density at radius 3 is 2.76 bits per heavy atom. The lowest BCUT2D eigenvalue weighted by Gasteiger charge is -2.44. The predicted octanol–water partition coefficient (Wildman–Crippen LogP) is 5.41. The standard InChI is InChI=1S/C32H39ClN2O5S/c1-3-16-41(38,39)34-31(37)24-10-14-30-29(18-24)35(19-25-8-7-22(25)9-12-27(36)4-2)20-32(21-40-30)15-5-6-23-17-26(33)11-13-28(23)32/h3-4,10-11,13-14,17-18,22,25,27,36H,1-2,5-9,12,15-16,19-21H2,(H,34,37)/t22-,25-,27?,32-/m0/s1. The summed E-state index contributed by atoms with van der Waals surface area (Å²) in [6, 6.07) is 11.3. The van der Waals surface area contributed by atoms with E-state index < -0.39 is 22.0 Å². The van der Waals surface area contributed by atoms with Gasteiger partial charge in [0.15, 0.2) is 0 Å². The second-order valence-corrected chi connectivity index (χ2v) is 14.0. The molecule has 41 heavy (non-hydrogen) atoms. The molecule has 0 bridgehead atoms. The summed E-state index contributed by atoms with van der Waals surface area (Å²) in [7, 11) is -3.82. The number of anilines is 1. The zero-order valence-corrected chi connectivity index (χ0v) is 24.9. The third kappa shape index (κ3) is 6.50. The number of aliphatic hydroxyl groups excluding tert-OH is 1. The highest BCUT2D eigenvalue weighted by molar-refractivity contribution is 7.90. The molecule has 2 N–H and O–H groups in total. The van der Waals surface area contributed by atoms with E-state index in [2.05, 4.69) is 34.9 Å². The van der Waals surface area contributed by atoms with Crippen molar-refractivity contribution in [2.24, 2.45) is 11.8 Å². The van der Waals surface area contributed by atoms with E-state index >= 15 is 0 Å². The zero-order chi connectivity index (χ0) is 29.2. The Hall–Kier alpha value is -2.81. The topological polar surface area (TPSA) is 95.9 Å². The zero-order valence-electron chi connectivity index (χ0n) is 23.4. The van der Waals surface area contributed by atoms with Gasteiger partial charge in [0.2, 0.25) is 10.0 Å². The lowest BCUT2D eigenvalue weighted by atomic mass is 9.68. The van der Waals surface area contributed by atoms with Crippen LogP contribution in [0, 0.1) is 11.8 Å². The number of sulfonamides is 1. The number of hydrogen-bond donors (Lipinski definition) is 2.